The van der Waals surface area contributed by atoms with E-state index in [0.29, 0.717) is 27.6 Å². The monoisotopic (exact) mass is 559 g/mol. The van der Waals surface area contributed by atoms with Crippen LogP contribution in [0.4, 0.5) is 0 Å². The van der Waals surface area contributed by atoms with E-state index in [9.17, 15) is 19.6 Å². The molecule has 1 saturated heterocycles. The molecule has 0 spiro atoms. The highest BCUT2D eigenvalue weighted by Crippen LogP contribution is 2.56. The van der Waals surface area contributed by atoms with Crippen LogP contribution in [-0.4, -0.2) is 39.0 Å². The number of aromatic nitrogens is 2. The maximum absolute atomic E-state index is 13.9. The average molecular weight is 560 g/mol. The van der Waals surface area contributed by atoms with Gasteiger partial charge < -0.3 is 15.0 Å². The van der Waals surface area contributed by atoms with Crippen molar-refractivity contribution < 1.29 is 14.3 Å². The van der Waals surface area contributed by atoms with Crippen molar-refractivity contribution in [2.75, 3.05) is 0 Å². The first-order chi connectivity index (χ1) is 19.1. The third-order valence-corrected chi connectivity index (χ3v) is 8.03. The Kier molecular flexibility index (Phi) is 7.39. The first kappa shape index (κ1) is 27.4. The Hall–Kier alpha value is -4.16. The van der Waals surface area contributed by atoms with Gasteiger partial charge in [0.05, 0.1) is 29.3 Å². The molecule has 1 aliphatic carbocycles. The predicted octanol–water partition coefficient (Wildman–Crippen LogP) is 4.99. The van der Waals surface area contributed by atoms with Crippen molar-refractivity contribution in [3.63, 3.8) is 0 Å². The van der Waals surface area contributed by atoms with Gasteiger partial charge in [-0.3, -0.25) is 14.4 Å². The minimum Gasteiger partial charge on any atom is -0.451 e. The number of hydrogen-bond acceptors (Lipinski definition) is 6. The summed E-state index contributed by atoms with van der Waals surface area (Å²) < 4.78 is 5.75. The Labute approximate surface area is 237 Å². The molecule has 2 aliphatic rings. The number of ether oxygens (including phenoxy) is 1. The van der Waals surface area contributed by atoms with Gasteiger partial charge in [0, 0.05) is 16.7 Å². The maximum Gasteiger partial charge on any atom is 0.307 e. The Morgan fingerprint density at radius 3 is 2.62 bits per heavy atom. The van der Waals surface area contributed by atoms with Crippen LogP contribution in [0, 0.1) is 30.6 Å². The van der Waals surface area contributed by atoms with Gasteiger partial charge in [0.15, 0.2) is 5.75 Å². The van der Waals surface area contributed by atoms with Crippen LogP contribution in [0.5, 0.6) is 11.5 Å². The van der Waals surface area contributed by atoms with Crippen molar-refractivity contribution in [1.82, 2.24) is 20.4 Å². The van der Waals surface area contributed by atoms with Crippen LogP contribution in [0.2, 0.25) is 5.02 Å². The van der Waals surface area contributed by atoms with Crippen LogP contribution in [0.3, 0.4) is 0 Å². The van der Waals surface area contributed by atoms with Gasteiger partial charge in [0.25, 0.3) is 5.91 Å². The summed E-state index contributed by atoms with van der Waals surface area (Å²) in [7, 11) is 0. The van der Waals surface area contributed by atoms with Crippen molar-refractivity contribution in [1.29, 1.82) is 5.26 Å². The van der Waals surface area contributed by atoms with Crippen molar-refractivity contribution >= 4 is 23.4 Å². The summed E-state index contributed by atoms with van der Waals surface area (Å²) in [5, 5.41) is 19.5. The van der Waals surface area contributed by atoms with Gasteiger partial charge in [-0.2, -0.15) is 10.4 Å². The molecule has 206 valence electrons. The van der Waals surface area contributed by atoms with Gasteiger partial charge >= 0.3 is 5.56 Å². The van der Waals surface area contributed by atoms with Gasteiger partial charge in [-0.15, -0.1) is 0 Å². The van der Waals surface area contributed by atoms with E-state index in [0.717, 1.165) is 31.2 Å². The minimum atomic E-state index is -0.820. The second-order valence-corrected chi connectivity index (χ2v) is 11.1. The zero-order valence-electron chi connectivity index (χ0n) is 22.5. The van der Waals surface area contributed by atoms with E-state index in [1.165, 1.54) is 6.07 Å². The molecule has 40 heavy (non-hydrogen) atoms. The van der Waals surface area contributed by atoms with E-state index in [4.69, 9.17) is 16.3 Å². The summed E-state index contributed by atoms with van der Waals surface area (Å²) in [6.45, 7) is 5.17. The van der Waals surface area contributed by atoms with E-state index in [-0.39, 0.29) is 23.7 Å². The number of H-pyrrole nitrogens is 1. The zero-order valence-corrected chi connectivity index (χ0v) is 23.3. The van der Waals surface area contributed by atoms with Crippen LogP contribution >= 0.6 is 11.6 Å². The molecule has 2 fully saturated rings. The third kappa shape index (κ3) is 5.32. The van der Waals surface area contributed by atoms with Crippen molar-refractivity contribution in [3.05, 3.63) is 86.3 Å². The quantitative estimate of drug-likeness (QED) is 0.420. The number of likely N-dealkylation sites (tertiary alicyclic amines) is 1. The Morgan fingerprint density at radius 1 is 1.18 bits per heavy atom. The number of aryl methyl sites for hydroxylation is 2. The number of nitrogens with zero attached hydrogens (tertiary/aromatic N) is 3. The van der Waals surface area contributed by atoms with Crippen molar-refractivity contribution in [2.45, 2.75) is 64.6 Å². The summed E-state index contributed by atoms with van der Waals surface area (Å²) in [4.78, 5) is 40.9. The van der Waals surface area contributed by atoms with Crippen LogP contribution < -0.4 is 15.6 Å². The summed E-state index contributed by atoms with van der Waals surface area (Å²) in [6, 6.07) is 15.0. The standard InChI is InChI=1S/C30H30ClN5O4/c1-17-13-21(7-9-24(17)40-25-14-18(2)34-35-28(25)38)27(37)33-19(3)29(39)36-23(20-5-4-6-22(31)15-20)8-10-26(36)30(16-32)11-12-30/h4-7,9,13-15,19,23,26H,8,10-12H2,1-3H3,(H,33,37)(H,35,38)/t19?,23-,26+/m0/s1. The lowest BCUT2D eigenvalue weighted by Crippen LogP contribution is -2.51. The minimum absolute atomic E-state index is 0.104. The second kappa shape index (κ2) is 10.8. The highest BCUT2D eigenvalue weighted by molar-refractivity contribution is 6.30. The number of nitrogens with one attached hydrogen (secondary N) is 2. The third-order valence-electron chi connectivity index (χ3n) is 7.79. The van der Waals surface area contributed by atoms with Crippen LogP contribution in [0.25, 0.3) is 0 Å². The maximum atomic E-state index is 13.9. The van der Waals surface area contributed by atoms with E-state index >= 15 is 0 Å². The molecular formula is C30H30ClN5O4. The van der Waals surface area contributed by atoms with E-state index in [1.54, 1.807) is 45.0 Å². The molecule has 2 amide bonds. The van der Waals surface area contributed by atoms with Gasteiger partial charge in [0.1, 0.15) is 11.8 Å². The lowest BCUT2D eigenvalue weighted by Gasteiger charge is -2.35. The number of halogens is 1. The number of amides is 2. The smallest absolute Gasteiger partial charge is 0.307 e. The summed E-state index contributed by atoms with van der Waals surface area (Å²) in [5.41, 5.74) is 1.52. The molecule has 0 radical (unpaired) electrons. The van der Waals surface area contributed by atoms with E-state index < -0.39 is 22.9 Å². The summed E-state index contributed by atoms with van der Waals surface area (Å²) in [5.74, 6) is -0.115. The molecule has 10 heteroatoms. The molecule has 3 aromatic rings. The normalized spacial score (nSPS) is 19.9. The van der Waals surface area contributed by atoms with Gasteiger partial charge in [0.2, 0.25) is 5.91 Å². The Balaban J connectivity index is 1.33. The predicted molar refractivity (Wildman–Crippen MR) is 149 cm³/mol. The van der Waals surface area contributed by atoms with Gasteiger partial charge in [-0.1, -0.05) is 23.7 Å². The molecule has 3 atom stereocenters. The lowest BCUT2D eigenvalue weighted by molar-refractivity contribution is -0.137. The zero-order chi connectivity index (χ0) is 28.6. The van der Waals surface area contributed by atoms with E-state index in [2.05, 4.69) is 21.6 Å². The van der Waals surface area contributed by atoms with Gasteiger partial charge in [-0.25, -0.2) is 5.10 Å². The molecule has 2 aromatic carbocycles. The number of aromatic amines is 1. The number of carbonyl (C=O) groups is 2. The first-order valence-electron chi connectivity index (χ1n) is 13.3. The van der Waals surface area contributed by atoms with Crippen LogP contribution in [0.15, 0.2) is 53.3 Å². The fourth-order valence-corrected chi connectivity index (χ4v) is 5.70. The summed E-state index contributed by atoms with van der Waals surface area (Å²) >= 11 is 6.26. The SMILES string of the molecule is Cc1cc(Oc2ccc(C(=O)NC(C)C(=O)N3[C@H](c4cccc(Cl)c4)CC[C@@H]3C3(C#N)CC3)cc2C)c(=O)[nH]n1. The average Bonchev–Trinajstić information content (AvgIpc) is 3.60. The van der Waals surface area contributed by atoms with Crippen LogP contribution in [0.1, 0.15) is 65.8 Å². The Bertz CT molecular complexity index is 1570. The topological polar surface area (TPSA) is 128 Å². The molecule has 1 aliphatic heterocycles. The molecule has 1 aromatic heterocycles. The highest BCUT2D eigenvalue weighted by atomic mass is 35.5. The fourth-order valence-electron chi connectivity index (χ4n) is 5.50. The molecule has 1 unspecified atom stereocenters. The number of nitriles is 1. The molecule has 9 nitrogen and oxygen atoms in total. The largest absolute Gasteiger partial charge is 0.451 e. The second-order valence-electron chi connectivity index (χ2n) is 10.7. The van der Waals surface area contributed by atoms with Crippen molar-refractivity contribution in [2.24, 2.45) is 5.41 Å². The molecular weight excluding hydrogens is 530 g/mol. The lowest BCUT2D eigenvalue weighted by atomic mass is 9.95. The number of hydrogen-bond donors (Lipinski definition) is 2. The number of benzene rings is 2. The molecule has 5 rings (SSSR count). The first-order valence-corrected chi connectivity index (χ1v) is 13.6. The molecule has 2 N–H and O–H groups in total. The molecule has 0 bridgehead atoms. The number of rotatable bonds is 7. The van der Waals surface area contributed by atoms with Crippen molar-refractivity contribution in [3.8, 4) is 17.6 Å². The fraction of sp³-hybridized carbons (Fsp3) is 0.367. The molecule has 2 heterocycles. The van der Waals surface area contributed by atoms with Gasteiger partial charge in [-0.05, 0) is 87.9 Å². The highest BCUT2D eigenvalue weighted by Gasteiger charge is 2.57. The van der Waals surface area contributed by atoms with Crippen LogP contribution in [-0.2, 0) is 4.79 Å². The number of carbonyl (C=O) groups excluding carboxylic acids is 2. The Morgan fingerprint density at radius 2 is 1.95 bits per heavy atom. The summed E-state index contributed by atoms with van der Waals surface area (Å²) in [6.07, 6.45) is 2.97. The molecule has 1 saturated carbocycles. The van der Waals surface area contributed by atoms with E-state index in [1.807, 2.05) is 23.1 Å².